The number of hydrogen-bond acceptors (Lipinski definition) is 0. The Morgan fingerprint density at radius 3 is 2.60 bits per heavy atom. The second kappa shape index (κ2) is 3.41. The highest BCUT2D eigenvalue weighted by molar-refractivity contribution is 5.83. The Morgan fingerprint density at radius 1 is 1.20 bits per heavy atom. The van der Waals surface area contributed by atoms with E-state index in [1.54, 1.807) is 0 Å². The minimum atomic E-state index is 0.346. The van der Waals surface area contributed by atoms with Crippen LogP contribution < -0.4 is 0 Å². The molecule has 15 heavy (non-hydrogen) atoms. The van der Waals surface area contributed by atoms with Crippen LogP contribution in [-0.4, -0.2) is 4.98 Å². The topological polar surface area (TPSA) is 15.8 Å². The molecule has 0 bridgehead atoms. The zero-order valence-corrected chi connectivity index (χ0v) is 10.0. The maximum atomic E-state index is 3.34. The third-order valence-electron chi connectivity index (χ3n) is 2.64. The average molecular weight is 201 g/mol. The molecular formula is C14H19N. The molecular weight excluding hydrogens is 182 g/mol. The molecule has 0 saturated heterocycles. The van der Waals surface area contributed by atoms with Gasteiger partial charge < -0.3 is 4.98 Å². The second-order valence-electron chi connectivity index (χ2n) is 5.60. The van der Waals surface area contributed by atoms with Crippen LogP contribution in [0.25, 0.3) is 10.9 Å². The van der Waals surface area contributed by atoms with Gasteiger partial charge in [0, 0.05) is 17.1 Å². The van der Waals surface area contributed by atoms with Crippen LogP contribution >= 0.6 is 0 Å². The average Bonchev–Trinajstić information content (AvgIpc) is 2.46. The molecule has 0 fully saturated rings. The monoisotopic (exact) mass is 201 g/mol. The Balaban J connectivity index is 2.48. The van der Waals surface area contributed by atoms with Gasteiger partial charge in [0.2, 0.25) is 0 Å². The molecule has 0 unspecified atom stereocenters. The fraction of sp³-hybridized carbons (Fsp3) is 0.429. The van der Waals surface area contributed by atoms with E-state index in [2.05, 4.69) is 57.1 Å². The number of hydrogen-bond donors (Lipinski definition) is 1. The molecule has 0 atom stereocenters. The van der Waals surface area contributed by atoms with Crippen LogP contribution in [0.1, 0.15) is 31.9 Å². The molecule has 0 aliphatic carbocycles. The molecule has 0 radical (unpaired) electrons. The van der Waals surface area contributed by atoms with Gasteiger partial charge in [0.05, 0.1) is 0 Å². The van der Waals surface area contributed by atoms with Gasteiger partial charge in [0.15, 0.2) is 0 Å². The van der Waals surface area contributed by atoms with Gasteiger partial charge in [-0.3, -0.25) is 0 Å². The summed E-state index contributed by atoms with van der Waals surface area (Å²) >= 11 is 0. The van der Waals surface area contributed by atoms with Crippen molar-refractivity contribution in [3.05, 3.63) is 35.5 Å². The van der Waals surface area contributed by atoms with Gasteiger partial charge in [-0.1, -0.05) is 32.4 Å². The van der Waals surface area contributed by atoms with E-state index < -0.39 is 0 Å². The predicted octanol–water partition coefficient (Wildman–Crippen LogP) is 4.06. The van der Waals surface area contributed by atoms with Crippen molar-refractivity contribution in [1.29, 1.82) is 0 Å². The Kier molecular flexibility index (Phi) is 2.34. The molecule has 1 aromatic carbocycles. The molecule has 1 heterocycles. The number of H-pyrrole nitrogens is 1. The number of fused-ring (bicyclic) bond motifs is 1. The van der Waals surface area contributed by atoms with Gasteiger partial charge in [-0.2, -0.15) is 0 Å². The maximum absolute atomic E-state index is 3.34. The largest absolute Gasteiger partial charge is 0.361 e. The van der Waals surface area contributed by atoms with Crippen molar-refractivity contribution in [2.75, 3.05) is 0 Å². The zero-order chi connectivity index (χ0) is 11.1. The van der Waals surface area contributed by atoms with Crippen molar-refractivity contribution in [2.24, 2.45) is 5.41 Å². The zero-order valence-electron chi connectivity index (χ0n) is 10.0. The highest BCUT2D eigenvalue weighted by Crippen LogP contribution is 2.26. The van der Waals surface area contributed by atoms with E-state index in [4.69, 9.17) is 0 Å². The van der Waals surface area contributed by atoms with Gasteiger partial charge in [-0.25, -0.2) is 0 Å². The summed E-state index contributed by atoms with van der Waals surface area (Å²) in [6.07, 6.45) is 3.27. The molecule has 0 spiro atoms. The summed E-state index contributed by atoms with van der Waals surface area (Å²) in [7, 11) is 0. The van der Waals surface area contributed by atoms with Gasteiger partial charge >= 0.3 is 0 Å². The normalized spacial score (nSPS) is 12.3. The summed E-state index contributed by atoms with van der Waals surface area (Å²) in [6.45, 7) is 8.98. The van der Waals surface area contributed by atoms with E-state index in [1.807, 2.05) is 0 Å². The van der Waals surface area contributed by atoms with E-state index in [0.29, 0.717) is 5.41 Å². The smallest absolute Gasteiger partial charge is 0.0456 e. The molecule has 1 heteroatoms. The second-order valence-corrected chi connectivity index (χ2v) is 5.60. The molecule has 2 aromatic rings. The Bertz CT molecular complexity index is 472. The van der Waals surface area contributed by atoms with Gasteiger partial charge in [-0.15, -0.1) is 0 Å². The van der Waals surface area contributed by atoms with E-state index in [9.17, 15) is 0 Å². The number of nitrogens with one attached hydrogen (secondary N) is 1. The van der Waals surface area contributed by atoms with E-state index >= 15 is 0 Å². The summed E-state index contributed by atoms with van der Waals surface area (Å²) in [5.74, 6) is 0. The van der Waals surface area contributed by atoms with Crippen LogP contribution in [-0.2, 0) is 6.42 Å². The Hall–Kier alpha value is -1.24. The van der Waals surface area contributed by atoms with Crippen LogP contribution in [0, 0.1) is 12.3 Å². The number of aryl methyl sites for hydroxylation is 1. The van der Waals surface area contributed by atoms with Crippen LogP contribution in [0.2, 0.25) is 0 Å². The molecule has 80 valence electrons. The minimum absolute atomic E-state index is 0.346. The first-order valence-electron chi connectivity index (χ1n) is 5.52. The van der Waals surface area contributed by atoms with Gasteiger partial charge in [0.1, 0.15) is 0 Å². The van der Waals surface area contributed by atoms with Gasteiger partial charge in [0.25, 0.3) is 0 Å². The van der Waals surface area contributed by atoms with E-state index in [0.717, 1.165) is 6.42 Å². The van der Waals surface area contributed by atoms with Gasteiger partial charge in [-0.05, 0) is 36.5 Å². The summed E-state index contributed by atoms with van der Waals surface area (Å²) in [6, 6.07) is 6.59. The lowest BCUT2D eigenvalue weighted by Gasteiger charge is -2.17. The van der Waals surface area contributed by atoms with Crippen LogP contribution in [0.15, 0.2) is 24.4 Å². The first-order valence-corrected chi connectivity index (χ1v) is 5.52. The molecule has 0 aliphatic rings. The molecule has 0 amide bonds. The standard InChI is InChI=1S/C14H19N/c1-10-5-6-13-12(7-10)11(9-15-13)8-14(2,3)4/h5-7,9,15H,8H2,1-4H3. The number of rotatable bonds is 1. The number of benzene rings is 1. The SMILES string of the molecule is Cc1ccc2[nH]cc(CC(C)(C)C)c2c1. The number of aromatic nitrogens is 1. The van der Waals surface area contributed by atoms with Crippen LogP contribution in [0.5, 0.6) is 0 Å². The summed E-state index contributed by atoms with van der Waals surface area (Å²) in [4.78, 5) is 3.34. The fourth-order valence-corrected chi connectivity index (χ4v) is 2.01. The Labute approximate surface area is 91.5 Å². The van der Waals surface area contributed by atoms with Crippen molar-refractivity contribution in [3.63, 3.8) is 0 Å². The predicted molar refractivity (Wildman–Crippen MR) is 66.2 cm³/mol. The first-order chi connectivity index (χ1) is 6.96. The molecule has 0 aliphatic heterocycles. The third kappa shape index (κ3) is 2.23. The van der Waals surface area contributed by atoms with Crippen LogP contribution in [0.4, 0.5) is 0 Å². The lowest BCUT2D eigenvalue weighted by atomic mass is 9.88. The maximum Gasteiger partial charge on any atom is 0.0456 e. The van der Waals surface area contributed by atoms with E-state index in [-0.39, 0.29) is 0 Å². The summed E-state index contributed by atoms with van der Waals surface area (Å²) < 4.78 is 0. The molecule has 2 rings (SSSR count). The highest BCUT2D eigenvalue weighted by Gasteiger charge is 2.14. The lowest BCUT2D eigenvalue weighted by molar-refractivity contribution is 0.412. The quantitative estimate of drug-likeness (QED) is 0.716. The van der Waals surface area contributed by atoms with Crippen molar-refractivity contribution in [3.8, 4) is 0 Å². The third-order valence-corrected chi connectivity index (χ3v) is 2.64. The lowest BCUT2D eigenvalue weighted by Crippen LogP contribution is -2.08. The van der Waals surface area contributed by atoms with E-state index in [1.165, 1.54) is 22.0 Å². The van der Waals surface area contributed by atoms with Crippen molar-refractivity contribution >= 4 is 10.9 Å². The number of aromatic amines is 1. The van der Waals surface area contributed by atoms with Crippen molar-refractivity contribution in [2.45, 2.75) is 34.1 Å². The molecule has 1 N–H and O–H groups in total. The molecule has 1 aromatic heterocycles. The van der Waals surface area contributed by atoms with Crippen LogP contribution in [0.3, 0.4) is 0 Å². The van der Waals surface area contributed by atoms with Crippen molar-refractivity contribution in [1.82, 2.24) is 4.98 Å². The fourth-order valence-electron chi connectivity index (χ4n) is 2.01. The minimum Gasteiger partial charge on any atom is -0.361 e. The summed E-state index contributed by atoms with van der Waals surface area (Å²) in [5, 5.41) is 1.38. The molecule has 0 saturated carbocycles. The first kappa shape index (κ1) is 10.3. The molecule has 1 nitrogen and oxygen atoms in total. The van der Waals surface area contributed by atoms with Crippen molar-refractivity contribution < 1.29 is 0 Å². The Morgan fingerprint density at radius 2 is 1.93 bits per heavy atom. The summed E-state index contributed by atoms with van der Waals surface area (Å²) in [5.41, 5.74) is 4.36. The highest BCUT2D eigenvalue weighted by atomic mass is 14.7.